The average molecular weight is 212 g/mol. The summed E-state index contributed by atoms with van der Waals surface area (Å²) in [4.78, 5) is 0. The molecule has 10 heavy (non-hydrogen) atoms. The fraction of sp³-hybridized carbons (Fsp3) is 0. The molecule has 0 heterocycles. The van der Waals surface area contributed by atoms with Crippen LogP contribution in [0.4, 0.5) is 0 Å². The van der Waals surface area contributed by atoms with Crippen LogP contribution >= 0.6 is 0 Å². The van der Waals surface area contributed by atoms with Gasteiger partial charge in [0.1, 0.15) is 0 Å². The van der Waals surface area contributed by atoms with Gasteiger partial charge >= 0.3 is 70.2 Å². The summed E-state index contributed by atoms with van der Waals surface area (Å²) in [5, 5.41) is 0. The molecule has 6 nitrogen and oxygen atoms in total. The van der Waals surface area contributed by atoms with Gasteiger partial charge < -0.3 is 2.85 Å². The van der Waals surface area contributed by atoms with E-state index in [1.165, 1.54) is 0 Å². The van der Waals surface area contributed by atoms with Gasteiger partial charge in [0.05, 0.1) is 0 Å². The minimum Gasteiger partial charge on any atom is -1.00 e. The zero-order chi connectivity index (χ0) is 7.15. The van der Waals surface area contributed by atoms with Crippen LogP contribution in [0.25, 0.3) is 0 Å². The van der Waals surface area contributed by atoms with E-state index in [4.69, 9.17) is 26.6 Å². The van der Waals surface area contributed by atoms with E-state index < -0.39 is 22.7 Å². The Hall–Kier alpha value is 2.37. The van der Waals surface area contributed by atoms with Crippen molar-refractivity contribution in [3.8, 4) is 0 Å². The Bertz CT molecular complexity index is 81.5. The summed E-state index contributed by atoms with van der Waals surface area (Å²) in [7, 11) is 0. The van der Waals surface area contributed by atoms with Gasteiger partial charge in [0.15, 0.2) is 0 Å². The summed E-state index contributed by atoms with van der Waals surface area (Å²) in [6, 6.07) is 0. The molecular formula is H6KLiO6S2. The third-order valence-corrected chi connectivity index (χ3v) is 0. The van der Waals surface area contributed by atoms with Gasteiger partial charge in [0, 0.05) is 0 Å². The SMILES string of the molecule is O=S(O)O.O=S(O)O.[H-].[H-].[K+].[Li+]. The van der Waals surface area contributed by atoms with Crippen molar-refractivity contribution in [1.29, 1.82) is 0 Å². The Morgan fingerprint density at radius 1 is 0.900 bits per heavy atom. The van der Waals surface area contributed by atoms with Crippen molar-refractivity contribution in [2.45, 2.75) is 0 Å². The van der Waals surface area contributed by atoms with Crippen molar-refractivity contribution in [2.75, 3.05) is 0 Å². The first-order valence-electron chi connectivity index (χ1n) is 1.06. The van der Waals surface area contributed by atoms with Crippen molar-refractivity contribution < 1.29 is 99.7 Å². The molecule has 0 aromatic rings. The quantitative estimate of drug-likeness (QED) is 0.234. The maximum Gasteiger partial charge on any atom is 1.00 e. The summed E-state index contributed by atoms with van der Waals surface area (Å²) in [5.74, 6) is 0. The molecule has 4 N–H and O–H groups in total. The smallest absolute Gasteiger partial charge is 1.00 e. The van der Waals surface area contributed by atoms with Gasteiger partial charge in [-0.3, -0.25) is 18.2 Å². The number of hydrogen-bond donors (Lipinski definition) is 4. The molecule has 0 spiro atoms. The Morgan fingerprint density at radius 2 is 0.900 bits per heavy atom. The summed E-state index contributed by atoms with van der Waals surface area (Å²) >= 11 is -5.22. The van der Waals surface area contributed by atoms with Crippen LogP contribution in [0, 0.1) is 0 Å². The van der Waals surface area contributed by atoms with Crippen LogP contribution in [0.15, 0.2) is 0 Å². The second kappa shape index (κ2) is 17.5. The molecule has 0 atom stereocenters. The summed E-state index contributed by atoms with van der Waals surface area (Å²) < 4.78 is 45.7. The standard InChI is InChI=1S/K.Li.2H2O3S.2H/c;;2*1-4(2)3;;/h;;2*(H2,1,2,3);;/q2*+1;;;2*-1. The van der Waals surface area contributed by atoms with E-state index in [0.29, 0.717) is 0 Å². The van der Waals surface area contributed by atoms with Crippen LogP contribution in [-0.2, 0) is 22.7 Å². The Kier molecular flexibility index (Phi) is 39.8. The largest absolute Gasteiger partial charge is 1.00 e. The molecule has 0 aromatic heterocycles. The van der Waals surface area contributed by atoms with Crippen LogP contribution < -0.4 is 70.2 Å². The second-order valence-corrected chi connectivity index (χ2v) is 1.38. The zero-order valence-electron chi connectivity index (χ0n) is 7.42. The fourth-order valence-electron chi connectivity index (χ4n) is 0. The molecule has 0 saturated carbocycles. The molecular weight excluding hydrogens is 206 g/mol. The second-order valence-electron chi connectivity index (χ2n) is 0.461. The van der Waals surface area contributed by atoms with Gasteiger partial charge in [-0.15, -0.1) is 0 Å². The van der Waals surface area contributed by atoms with E-state index in [9.17, 15) is 0 Å². The van der Waals surface area contributed by atoms with E-state index >= 15 is 0 Å². The number of hydrogen-bond acceptors (Lipinski definition) is 2. The van der Waals surface area contributed by atoms with Crippen molar-refractivity contribution in [1.82, 2.24) is 0 Å². The third-order valence-electron chi connectivity index (χ3n) is 0. The first-order chi connectivity index (χ1) is 3.46. The van der Waals surface area contributed by atoms with Crippen molar-refractivity contribution >= 4 is 22.7 Å². The maximum absolute atomic E-state index is 8.67. The van der Waals surface area contributed by atoms with Crippen LogP contribution in [0.3, 0.4) is 0 Å². The predicted octanol–water partition coefficient (Wildman–Crippen LogP) is -6.40. The topological polar surface area (TPSA) is 115 Å². The Balaban J connectivity index is -0.0000000112. The first-order valence-corrected chi connectivity index (χ1v) is 3.19. The first kappa shape index (κ1) is 22.8. The summed E-state index contributed by atoms with van der Waals surface area (Å²) in [6.45, 7) is 0. The average Bonchev–Trinajstić information content (AvgIpc) is 1.25. The van der Waals surface area contributed by atoms with Crippen LogP contribution in [-0.4, -0.2) is 26.6 Å². The zero-order valence-corrected chi connectivity index (χ0v) is 10.2. The molecule has 0 amide bonds. The van der Waals surface area contributed by atoms with E-state index in [1.807, 2.05) is 0 Å². The molecule has 0 fully saturated rings. The maximum atomic E-state index is 8.67. The molecule has 0 bridgehead atoms. The molecule has 0 unspecified atom stereocenters. The monoisotopic (exact) mass is 212 g/mol. The van der Waals surface area contributed by atoms with Gasteiger partial charge in [-0.05, 0) is 0 Å². The molecule has 0 saturated heterocycles. The normalized spacial score (nSPS) is 7.00. The fourth-order valence-corrected chi connectivity index (χ4v) is 0. The van der Waals surface area contributed by atoms with Crippen LogP contribution in [0.1, 0.15) is 2.85 Å². The summed E-state index contributed by atoms with van der Waals surface area (Å²) in [6.07, 6.45) is 0. The van der Waals surface area contributed by atoms with Gasteiger partial charge in [0.2, 0.25) is 0 Å². The van der Waals surface area contributed by atoms with E-state index in [0.717, 1.165) is 0 Å². The Labute approximate surface area is 120 Å². The molecule has 10 heteroatoms. The van der Waals surface area contributed by atoms with Crippen molar-refractivity contribution in [2.24, 2.45) is 0 Å². The molecule has 0 aliphatic carbocycles. The van der Waals surface area contributed by atoms with E-state index in [-0.39, 0.29) is 73.1 Å². The van der Waals surface area contributed by atoms with Gasteiger partial charge in [-0.1, -0.05) is 0 Å². The minimum absolute atomic E-state index is 0. The molecule has 0 radical (unpaired) electrons. The Morgan fingerprint density at radius 3 is 0.900 bits per heavy atom. The van der Waals surface area contributed by atoms with Gasteiger partial charge in [0.25, 0.3) is 22.7 Å². The minimum atomic E-state index is -2.61. The van der Waals surface area contributed by atoms with Gasteiger partial charge in [-0.2, -0.15) is 8.42 Å². The number of rotatable bonds is 0. The van der Waals surface area contributed by atoms with Crippen LogP contribution in [0.2, 0.25) is 0 Å². The van der Waals surface area contributed by atoms with Crippen molar-refractivity contribution in [3.63, 3.8) is 0 Å². The predicted molar refractivity (Wildman–Crippen MR) is 29.0 cm³/mol. The van der Waals surface area contributed by atoms with E-state index in [2.05, 4.69) is 0 Å². The summed E-state index contributed by atoms with van der Waals surface area (Å²) in [5.41, 5.74) is 0. The molecule has 56 valence electrons. The molecule has 0 aliphatic heterocycles. The molecule has 0 rings (SSSR count). The van der Waals surface area contributed by atoms with Crippen molar-refractivity contribution in [3.05, 3.63) is 0 Å². The van der Waals surface area contributed by atoms with Gasteiger partial charge in [-0.25, -0.2) is 0 Å². The third kappa shape index (κ3) is 162. The molecule has 0 aromatic carbocycles. The van der Waals surface area contributed by atoms with E-state index in [1.54, 1.807) is 0 Å². The molecule has 0 aliphatic rings. The van der Waals surface area contributed by atoms with Crippen LogP contribution in [0.5, 0.6) is 0 Å².